The quantitative estimate of drug-likeness (QED) is 0.731. The minimum atomic E-state index is -0.388. The topological polar surface area (TPSA) is 53.2 Å². The largest absolute Gasteiger partial charge is 0.482 e. The molecule has 0 fully saturated rings. The Morgan fingerprint density at radius 1 is 1.10 bits per heavy atom. The molecule has 0 bridgehead atoms. The van der Waals surface area contributed by atoms with Crippen molar-refractivity contribution in [2.75, 3.05) is 0 Å². The molecule has 1 aromatic heterocycles. The summed E-state index contributed by atoms with van der Waals surface area (Å²) in [5.41, 5.74) is 1.95. The molecule has 5 nitrogen and oxygen atoms in total. The molecular weight excluding hydrogens is 268 g/mol. The van der Waals surface area contributed by atoms with Gasteiger partial charge >= 0.3 is 5.69 Å². The van der Waals surface area contributed by atoms with E-state index in [1.54, 1.807) is 7.05 Å². The lowest BCUT2D eigenvalue weighted by molar-refractivity contribution is 0.291. The maximum atomic E-state index is 12.3. The first-order valence-corrected chi connectivity index (χ1v) is 6.75. The standard InChI is InChI=1S/C16H16N2O3/c1-17-13-9-5-8-11-6-3-4-7-12(11)10-21-14(13)15(19)18(2)16(17)20/h3-8H,9-10H2,1-2H3/b8-5-. The Hall–Kier alpha value is -2.56. The van der Waals surface area contributed by atoms with Crippen LogP contribution in [-0.2, 0) is 27.1 Å². The van der Waals surface area contributed by atoms with Crippen molar-refractivity contribution in [3.63, 3.8) is 0 Å². The van der Waals surface area contributed by atoms with Gasteiger partial charge in [0.2, 0.25) is 5.75 Å². The molecule has 0 spiro atoms. The molecule has 1 aromatic carbocycles. The first-order chi connectivity index (χ1) is 10.1. The fourth-order valence-corrected chi connectivity index (χ4v) is 2.51. The van der Waals surface area contributed by atoms with Crippen LogP contribution in [0.4, 0.5) is 0 Å². The molecule has 0 radical (unpaired) electrons. The zero-order chi connectivity index (χ0) is 15.0. The Balaban J connectivity index is 2.20. The highest BCUT2D eigenvalue weighted by Gasteiger charge is 2.17. The van der Waals surface area contributed by atoms with Crippen LogP contribution in [0.1, 0.15) is 16.8 Å². The van der Waals surface area contributed by atoms with Crippen LogP contribution in [0.15, 0.2) is 39.9 Å². The average molecular weight is 284 g/mol. The molecule has 2 aromatic rings. The van der Waals surface area contributed by atoms with E-state index in [1.807, 2.05) is 36.4 Å². The van der Waals surface area contributed by atoms with Gasteiger partial charge in [-0.05, 0) is 11.1 Å². The Kier molecular flexibility index (Phi) is 3.25. The van der Waals surface area contributed by atoms with E-state index in [2.05, 4.69) is 0 Å². The van der Waals surface area contributed by atoms with Crippen LogP contribution >= 0.6 is 0 Å². The average Bonchev–Trinajstić information content (AvgIpc) is 2.59. The van der Waals surface area contributed by atoms with Crippen LogP contribution in [0.5, 0.6) is 5.75 Å². The lowest BCUT2D eigenvalue weighted by Crippen LogP contribution is -2.39. The zero-order valence-electron chi connectivity index (χ0n) is 12.0. The number of nitrogens with zero attached hydrogens (tertiary/aromatic N) is 2. The molecule has 5 heteroatoms. The maximum absolute atomic E-state index is 12.3. The number of rotatable bonds is 0. The fourth-order valence-electron chi connectivity index (χ4n) is 2.51. The van der Waals surface area contributed by atoms with Crippen LogP contribution in [0.25, 0.3) is 6.08 Å². The summed E-state index contributed by atoms with van der Waals surface area (Å²) in [5, 5.41) is 0. The van der Waals surface area contributed by atoms with Crippen molar-refractivity contribution in [1.82, 2.24) is 9.13 Å². The van der Waals surface area contributed by atoms with Gasteiger partial charge in [0, 0.05) is 20.5 Å². The first-order valence-electron chi connectivity index (χ1n) is 6.75. The molecule has 0 saturated carbocycles. The summed E-state index contributed by atoms with van der Waals surface area (Å²) in [6.07, 6.45) is 4.42. The maximum Gasteiger partial charge on any atom is 0.330 e. The monoisotopic (exact) mass is 284 g/mol. The van der Waals surface area contributed by atoms with Crippen molar-refractivity contribution in [3.05, 3.63) is 68.0 Å². The second-order valence-corrected chi connectivity index (χ2v) is 5.08. The van der Waals surface area contributed by atoms with Gasteiger partial charge in [0.05, 0.1) is 5.69 Å². The first kappa shape index (κ1) is 13.4. The second-order valence-electron chi connectivity index (χ2n) is 5.08. The molecule has 1 aliphatic rings. The summed E-state index contributed by atoms with van der Waals surface area (Å²) in [6, 6.07) is 7.87. The molecule has 21 heavy (non-hydrogen) atoms. The van der Waals surface area contributed by atoms with E-state index < -0.39 is 0 Å². The van der Waals surface area contributed by atoms with Gasteiger partial charge in [-0.1, -0.05) is 36.4 Å². The third-order valence-corrected chi connectivity index (χ3v) is 3.78. The van der Waals surface area contributed by atoms with Crippen molar-refractivity contribution in [3.8, 4) is 5.75 Å². The third kappa shape index (κ3) is 2.20. The van der Waals surface area contributed by atoms with E-state index in [4.69, 9.17) is 4.74 Å². The lowest BCUT2D eigenvalue weighted by Gasteiger charge is -2.14. The highest BCUT2D eigenvalue weighted by atomic mass is 16.5. The molecule has 0 amide bonds. The van der Waals surface area contributed by atoms with Crippen LogP contribution in [0, 0.1) is 0 Å². The summed E-state index contributed by atoms with van der Waals surface area (Å²) < 4.78 is 8.29. The van der Waals surface area contributed by atoms with Crippen LogP contribution in [0.3, 0.4) is 0 Å². The highest BCUT2D eigenvalue weighted by molar-refractivity contribution is 5.54. The summed E-state index contributed by atoms with van der Waals surface area (Å²) in [6.45, 7) is 0.307. The number of benzene rings is 1. The normalized spacial score (nSPS) is 15.0. The predicted molar refractivity (Wildman–Crippen MR) is 80.4 cm³/mol. The molecule has 1 aliphatic heterocycles. The smallest absolute Gasteiger partial charge is 0.330 e. The molecule has 3 rings (SSSR count). The van der Waals surface area contributed by atoms with Gasteiger partial charge < -0.3 is 4.74 Å². The Labute approximate surface area is 121 Å². The third-order valence-electron chi connectivity index (χ3n) is 3.78. The van der Waals surface area contributed by atoms with Crippen LogP contribution in [-0.4, -0.2) is 9.13 Å². The van der Waals surface area contributed by atoms with Crippen molar-refractivity contribution >= 4 is 6.08 Å². The summed E-state index contributed by atoms with van der Waals surface area (Å²) in [4.78, 5) is 24.3. The molecule has 0 unspecified atom stereocenters. The van der Waals surface area contributed by atoms with Gasteiger partial charge in [-0.3, -0.25) is 13.9 Å². The second kappa shape index (κ2) is 5.09. The fraction of sp³-hybridized carbons (Fsp3) is 0.250. The number of fused-ring (bicyclic) bond motifs is 2. The minimum absolute atomic E-state index is 0.251. The van der Waals surface area contributed by atoms with Crippen LogP contribution in [0.2, 0.25) is 0 Å². The van der Waals surface area contributed by atoms with Gasteiger partial charge in [0.25, 0.3) is 5.56 Å². The molecule has 0 atom stereocenters. The Morgan fingerprint density at radius 3 is 2.67 bits per heavy atom. The number of hydrogen-bond donors (Lipinski definition) is 0. The van der Waals surface area contributed by atoms with Gasteiger partial charge in [-0.15, -0.1) is 0 Å². The van der Waals surface area contributed by atoms with Gasteiger partial charge in [0.15, 0.2) is 0 Å². The minimum Gasteiger partial charge on any atom is -0.482 e. The molecule has 0 N–H and O–H groups in total. The highest BCUT2D eigenvalue weighted by Crippen LogP contribution is 2.19. The number of hydrogen-bond acceptors (Lipinski definition) is 3. The molecular formula is C16H16N2O3. The van der Waals surface area contributed by atoms with Crippen molar-refractivity contribution in [1.29, 1.82) is 0 Å². The van der Waals surface area contributed by atoms with Crippen molar-refractivity contribution in [2.24, 2.45) is 14.1 Å². The molecule has 0 saturated heterocycles. The van der Waals surface area contributed by atoms with Gasteiger partial charge in [0.1, 0.15) is 6.61 Å². The van der Waals surface area contributed by atoms with E-state index in [-0.39, 0.29) is 17.0 Å². The van der Waals surface area contributed by atoms with E-state index in [1.165, 1.54) is 11.6 Å². The van der Waals surface area contributed by atoms with E-state index in [0.29, 0.717) is 18.7 Å². The van der Waals surface area contributed by atoms with Gasteiger partial charge in [-0.2, -0.15) is 0 Å². The number of allylic oxidation sites excluding steroid dienone is 1. The SMILES string of the molecule is Cn1c2c(c(=O)n(C)c1=O)OCc1ccccc1/C=C\C2. The lowest BCUT2D eigenvalue weighted by atomic mass is 10.1. The predicted octanol–water partition coefficient (Wildman–Crippen LogP) is 1.23. The molecule has 0 aliphatic carbocycles. The van der Waals surface area contributed by atoms with Crippen molar-refractivity contribution in [2.45, 2.75) is 13.0 Å². The van der Waals surface area contributed by atoms with E-state index in [9.17, 15) is 9.59 Å². The summed E-state index contributed by atoms with van der Waals surface area (Å²) in [5.74, 6) is 0.251. The molecule has 2 heterocycles. The van der Waals surface area contributed by atoms with E-state index >= 15 is 0 Å². The number of ether oxygens (including phenoxy) is 1. The Bertz CT molecular complexity index is 844. The van der Waals surface area contributed by atoms with Gasteiger partial charge in [-0.25, -0.2) is 4.79 Å². The van der Waals surface area contributed by atoms with E-state index in [0.717, 1.165) is 15.7 Å². The molecule has 108 valence electrons. The Morgan fingerprint density at radius 2 is 1.86 bits per heavy atom. The summed E-state index contributed by atoms with van der Waals surface area (Å²) >= 11 is 0. The van der Waals surface area contributed by atoms with Crippen LogP contribution < -0.4 is 16.0 Å². The zero-order valence-corrected chi connectivity index (χ0v) is 12.0. The number of aromatic nitrogens is 2. The summed E-state index contributed by atoms with van der Waals surface area (Å²) in [7, 11) is 3.12. The van der Waals surface area contributed by atoms with Crippen molar-refractivity contribution < 1.29 is 4.74 Å².